The second-order valence-corrected chi connectivity index (χ2v) is 6.29. The SMILES string of the molecule is CC(C)(C#N)NC(=O)CC(C)(C)c1ccc(Cl)cc1. The highest BCUT2D eigenvalue weighted by molar-refractivity contribution is 6.30. The van der Waals surface area contributed by atoms with Crippen molar-refractivity contribution in [2.24, 2.45) is 0 Å². The van der Waals surface area contributed by atoms with Crippen LogP contribution in [0.2, 0.25) is 5.02 Å². The van der Waals surface area contributed by atoms with Gasteiger partial charge in [0.1, 0.15) is 5.54 Å². The minimum atomic E-state index is -0.840. The van der Waals surface area contributed by atoms with Gasteiger partial charge >= 0.3 is 0 Å². The molecule has 0 unspecified atom stereocenters. The Labute approximate surface area is 119 Å². The summed E-state index contributed by atoms with van der Waals surface area (Å²) in [6.45, 7) is 7.35. The van der Waals surface area contributed by atoms with Crippen molar-refractivity contribution in [2.75, 3.05) is 0 Å². The maximum absolute atomic E-state index is 12.0. The van der Waals surface area contributed by atoms with E-state index < -0.39 is 5.54 Å². The molecule has 19 heavy (non-hydrogen) atoms. The Morgan fingerprint density at radius 2 is 1.79 bits per heavy atom. The molecule has 0 saturated carbocycles. The Morgan fingerprint density at radius 1 is 1.26 bits per heavy atom. The quantitative estimate of drug-likeness (QED) is 0.917. The van der Waals surface area contributed by atoms with E-state index in [1.807, 2.05) is 38.1 Å². The van der Waals surface area contributed by atoms with E-state index in [0.29, 0.717) is 11.4 Å². The standard InChI is InChI=1S/C15H19ClN2O/c1-14(2,11-5-7-12(16)8-6-11)9-13(19)18-15(3,4)10-17/h5-8H,9H2,1-4H3,(H,18,19). The Morgan fingerprint density at radius 3 is 2.26 bits per heavy atom. The van der Waals surface area contributed by atoms with Gasteiger partial charge in [0.25, 0.3) is 0 Å². The van der Waals surface area contributed by atoms with Gasteiger partial charge in [0.2, 0.25) is 5.91 Å². The molecule has 1 amide bonds. The van der Waals surface area contributed by atoms with E-state index in [4.69, 9.17) is 16.9 Å². The summed E-state index contributed by atoms with van der Waals surface area (Å²) in [7, 11) is 0. The number of amides is 1. The summed E-state index contributed by atoms with van der Waals surface area (Å²) in [5.41, 5.74) is -0.102. The van der Waals surface area contributed by atoms with E-state index in [0.717, 1.165) is 5.56 Å². The second kappa shape index (κ2) is 5.63. The lowest BCUT2D eigenvalue weighted by Crippen LogP contribution is -2.44. The average molecular weight is 279 g/mol. The number of hydrogen-bond donors (Lipinski definition) is 1. The molecule has 0 aliphatic heterocycles. The predicted molar refractivity (Wildman–Crippen MR) is 76.9 cm³/mol. The molecule has 1 N–H and O–H groups in total. The largest absolute Gasteiger partial charge is 0.338 e. The van der Waals surface area contributed by atoms with Crippen molar-refractivity contribution in [1.82, 2.24) is 5.32 Å². The Bertz CT molecular complexity index is 498. The van der Waals surface area contributed by atoms with Crippen LogP contribution in [0.15, 0.2) is 24.3 Å². The molecule has 0 atom stereocenters. The minimum Gasteiger partial charge on any atom is -0.338 e. The first-order valence-electron chi connectivity index (χ1n) is 6.15. The number of carbonyl (C=O) groups excluding carboxylic acids is 1. The molecule has 4 heteroatoms. The van der Waals surface area contributed by atoms with Gasteiger partial charge in [-0.25, -0.2) is 0 Å². The Kier molecular flexibility index (Phi) is 4.60. The molecule has 0 aliphatic rings. The topological polar surface area (TPSA) is 52.9 Å². The van der Waals surface area contributed by atoms with Crippen LogP contribution in [0.3, 0.4) is 0 Å². The fourth-order valence-electron chi connectivity index (χ4n) is 1.83. The highest BCUT2D eigenvalue weighted by Gasteiger charge is 2.27. The van der Waals surface area contributed by atoms with Crippen LogP contribution in [0, 0.1) is 11.3 Å². The number of nitrogens with zero attached hydrogens (tertiary/aromatic N) is 1. The van der Waals surface area contributed by atoms with Gasteiger partial charge in [0, 0.05) is 11.4 Å². The summed E-state index contributed by atoms with van der Waals surface area (Å²) in [4.78, 5) is 12.0. The first kappa shape index (κ1) is 15.5. The van der Waals surface area contributed by atoms with Gasteiger partial charge in [-0.2, -0.15) is 5.26 Å². The van der Waals surface area contributed by atoms with Crippen molar-refractivity contribution < 1.29 is 4.79 Å². The van der Waals surface area contributed by atoms with Crippen LogP contribution in [-0.4, -0.2) is 11.4 Å². The number of carbonyl (C=O) groups is 1. The molecule has 0 aromatic heterocycles. The van der Waals surface area contributed by atoms with Crippen LogP contribution < -0.4 is 5.32 Å². The summed E-state index contributed by atoms with van der Waals surface area (Å²) in [6.07, 6.45) is 0.319. The lowest BCUT2D eigenvalue weighted by Gasteiger charge is -2.26. The maximum atomic E-state index is 12.0. The van der Waals surface area contributed by atoms with Gasteiger partial charge in [-0.1, -0.05) is 37.6 Å². The molecule has 0 aliphatic carbocycles. The zero-order valence-electron chi connectivity index (χ0n) is 11.7. The molecule has 1 aromatic carbocycles. The van der Waals surface area contributed by atoms with Gasteiger partial charge < -0.3 is 5.32 Å². The van der Waals surface area contributed by atoms with E-state index >= 15 is 0 Å². The number of nitrogens with one attached hydrogen (secondary N) is 1. The van der Waals surface area contributed by atoms with Crippen molar-refractivity contribution >= 4 is 17.5 Å². The van der Waals surface area contributed by atoms with Crippen LogP contribution in [0.5, 0.6) is 0 Å². The van der Waals surface area contributed by atoms with Crippen molar-refractivity contribution in [3.05, 3.63) is 34.9 Å². The van der Waals surface area contributed by atoms with Gasteiger partial charge in [0.05, 0.1) is 6.07 Å². The zero-order chi connectivity index (χ0) is 14.7. The fraction of sp³-hybridized carbons (Fsp3) is 0.467. The summed E-state index contributed by atoms with van der Waals surface area (Å²) in [5.74, 6) is -0.133. The smallest absolute Gasteiger partial charge is 0.222 e. The van der Waals surface area contributed by atoms with Gasteiger partial charge in [-0.05, 0) is 37.0 Å². The minimum absolute atomic E-state index is 0.133. The van der Waals surface area contributed by atoms with Gasteiger partial charge in [0.15, 0.2) is 0 Å². The summed E-state index contributed by atoms with van der Waals surface area (Å²) >= 11 is 5.86. The maximum Gasteiger partial charge on any atom is 0.222 e. The zero-order valence-corrected chi connectivity index (χ0v) is 12.5. The highest BCUT2D eigenvalue weighted by atomic mass is 35.5. The van der Waals surface area contributed by atoms with E-state index in [-0.39, 0.29) is 11.3 Å². The number of hydrogen-bond acceptors (Lipinski definition) is 2. The number of rotatable bonds is 4. The van der Waals surface area contributed by atoms with E-state index in [2.05, 4.69) is 11.4 Å². The second-order valence-electron chi connectivity index (χ2n) is 5.85. The summed E-state index contributed by atoms with van der Waals surface area (Å²) in [6, 6.07) is 9.53. The van der Waals surface area contributed by atoms with Crippen molar-refractivity contribution in [3.8, 4) is 6.07 Å². The lowest BCUT2D eigenvalue weighted by atomic mass is 9.81. The van der Waals surface area contributed by atoms with Crippen molar-refractivity contribution in [2.45, 2.75) is 45.1 Å². The average Bonchev–Trinajstić information content (AvgIpc) is 2.28. The third kappa shape index (κ3) is 4.57. The normalized spacial score (nSPS) is 11.8. The van der Waals surface area contributed by atoms with Crippen LogP contribution in [0.1, 0.15) is 39.7 Å². The number of halogens is 1. The molecular formula is C15H19ClN2O. The van der Waals surface area contributed by atoms with E-state index in [1.165, 1.54) is 0 Å². The monoisotopic (exact) mass is 278 g/mol. The summed E-state index contributed by atoms with van der Waals surface area (Å²) in [5, 5.41) is 12.3. The van der Waals surface area contributed by atoms with Gasteiger partial charge in [-0.15, -0.1) is 0 Å². The Balaban J connectivity index is 2.77. The van der Waals surface area contributed by atoms with Crippen LogP contribution in [0.4, 0.5) is 0 Å². The van der Waals surface area contributed by atoms with E-state index in [1.54, 1.807) is 13.8 Å². The molecule has 0 spiro atoms. The van der Waals surface area contributed by atoms with Crippen LogP contribution in [0.25, 0.3) is 0 Å². The third-order valence-electron chi connectivity index (χ3n) is 2.96. The number of benzene rings is 1. The molecule has 0 saturated heterocycles. The molecule has 0 fully saturated rings. The molecule has 0 bridgehead atoms. The first-order chi connectivity index (χ1) is 8.66. The molecule has 0 heterocycles. The highest BCUT2D eigenvalue weighted by Crippen LogP contribution is 2.28. The van der Waals surface area contributed by atoms with Crippen molar-refractivity contribution in [1.29, 1.82) is 5.26 Å². The molecule has 1 rings (SSSR count). The molecular weight excluding hydrogens is 260 g/mol. The lowest BCUT2D eigenvalue weighted by molar-refractivity contribution is -0.123. The molecule has 102 valence electrons. The van der Waals surface area contributed by atoms with Crippen molar-refractivity contribution in [3.63, 3.8) is 0 Å². The molecule has 1 aromatic rings. The Hall–Kier alpha value is -1.53. The van der Waals surface area contributed by atoms with E-state index in [9.17, 15) is 4.79 Å². The summed E-state index contributed by atoms with van der Waals surface area (Å²) < 4.78 is 0. The number of nitriles is 1. The first-order valence-corrected chi connectivity index (χ1v) is 6.52. The predicted octanol–water partition coefficient (Wildman–Crippen LogP) is 3.43. The van der Waals surface area contributed by atoms with Crippen LogP contribution in [-0.2, 0) is 10.2 Å². The van der Waals surface area contributed by atoms with Gasteiger partial charge in [-0.3, -0.25) is 4.79 Å². The third-order valence-corrected chi connectivity index (χ3v) is 3.21. The molecule has 3 nitrogen and oxygen atoms in total. The fourth-order valence-corrected chi connectivity index (χ4v) is 1.95. The molecule has 0 radical (unpaired) electrons. The van der Waals surface area contributed by atoms with Crippen LogP contribution >= 0.6 is 11.6 Å².